The Labute approximate surface area is 211 Å². The standard InChI is InChI=1S/C22H17Cl2F3N4O5/c1-10-4-11(22(25,26)27)7-31-8-15(28-18(10)31)19-29-17(30-36-19)12-5-14(24)16(6-13(12)23)35-9-21(2,33)20(32)34-3/h4-8,33H,9H2,1-3H3. The van der Waals surface area contributed by atoms with Crippen molar-refractivity contribution < 1.29 is 37.1 Å². The molecule has 0 saturated carbocycles. The summed E-state index contributed by atoms with van der Waals surface area (Å²) < 4.78 is 55.8. The van der Waals surface area contributed by atoms with Gasteiger partial charge in [0.1, 0.15) is 23.7 Å². The fraction of sp³-hybridized carbons (Fsp3) is 0.273. The number of halogens is 5. The van der Waals surface area contributed by atoms with Crippen LogP contribution < -0.4 is 4.74 Å². The lowest BCUT2D eigenvalue weighted by atomic mass is 10.1. The predicted octanol–water partition coefficient (Wildman–Crippen LogP) is 4.99. The number of rotatable bonds is 6. The lowest BCUT2D eigenvalue weighted by Crippen LogP contribution is -2.42. The Kier molecular flexibility index (Phi) is 6.62. The number of hydrogen-bond donors (Lipinski definition) is 1. The molecular weight excluding hydrogens is 528 g/mol. The van der Waals surface area contributed by atoms with Crippen molar-refractivity contribution in [2.45, 2.75) is 25.6 Å². The third-order valence-corrected chi connectivity index (χ3v) is 5.71. The number of benzene rings is 1. The quantitative estimate of drug-likeness (QED) is 0.338. The van der Waals surface area contributed by atoms with Gasteiger partial charge in [-0.1, -0.05) is 28.4 Å². The number of carbonyl (C=O) groups excluding carboxylic acids is 1. The molecule has 1 unspecified atom stereocenters. The predicted molar refractivity (Wildman–Crippen MR) is 122 cm³/mol. The minimum Gasteiger partial charge on any atom is -0.488 e. The van der Waals surface area contributed by atoms with Gasteiger partial charge in [0.05, 0.1) is 22.7 Å². The van der Waals surface area contributed by atoms with Crippen LogP contribution in [0.3, 0.4) is 0 Å². The SMILES string of the molecule is COC(=O)C(C)(O)COc1cc(Cl)c(-c2noc(-c3cn4cc(C(F)(F)F)cc(C)c4n3)n2)cc1Cl. The highest BCUT2D eigenvalue weighted by Crippen LogP contribution is 2.37. The summed E-state index contributed by atoms with van der Waals surface area (Å²) >= 11 is 12.6. The molecule has 3 aromatic heterocycles. The Morgan fingerprint density at radius 2 is 1.89 bits per heavy atom. The van der Waals surface area contributed by atoms with Gasteiger partial charge in [0.2, 0.25) is 5.82 Å². The molecule has 0 aliphatic carbocycles. The molecule has 0 spiro atoms. The molecule has 1 N–H and O–H groups in total. The van der Waals surface area contributed by atoms with Gasteiger partial charge in [0, 0.05) is 24.0 Å². The third-order valence-electron chi connectivity index (χ3n) is 5.10. The smallest absolute Gasteiger partial charge is 0.417 e. The minimum atomic E-state index is -4.51. The largest absolute Gasteiger partial charge is 0.488 e. The van der Waals surface area contributed by atoms with E-state index >= 15 is 0 Å². The van der Waals surface area contributed by atoms with Crippen LogP contribution in [0.25, 0.3) is 28.6 Å². The van der Waals surface area contributed by atoms with Crippen LogP contribution in [0.15, 0.2) is 35.1 Å². The van der Waals surface area contributed by atoms with E-state index in [0.29, 0.717) is 11.2 Å². The molecule has 3 heterocycles. The fourth-order valence-electron chi connectivity index (χ4n) is 3.27. The molecule has 0 fully saturated rings. The number of aryl methyl sites for hydroxylation is 1. The Hall–Kier alpha value is -3.35. The summed E-state index contributed by atoms with van der Waals surface area (Å²) in [6, 6.07) is 3.74. The van der Waals surface area contributed by atoms with Crippen LogP contribution >= 0.6 is 23.2 Å². The van der Waals surface area contributed by atoms with Crippen molar-refractivity contribution in [2.75, 3.05) is 13.7 Å². The maximum atomic E-state index is 13.1. The number of ether oxygens (including phenoxy) is 2. The Morgan fingerprint density at radius 1 is 1.17 bits per heavy atom. The van der Waals surface area contributed by atoms with Crippen molar-refractivity contribution in [3.63, 3.8) is 0 Å². The van der Waals surface area contributed by atoms with Gasteiger partial charge in [0.15, 0.2) is 5.60 Å². The van der Waals surface area contributed by atoms with Gasteiger partial charge in [-0.15, -0.1) is 0 Å². The number of pyridine rings is 1. The maximum absolute atomic E-state index is 13.1. The van der Waals surface area contributed by atoms with Crippen molar-refractivity contribution in [2.24, 2.45) is 0 Å². The van der Waals surface area contributed by atoms with Gasteiger partial charge in [-0.25, -0.2) is 9.78 Å². The number of aromatic nitrogens is 4. The normalized spacial score (nSPS) is 13.6. The van der Waals surface area contributed by atoms with E-state index in [1.165, 1.54) is 36.6 Å². The molecule has 0 aliphatic rings. The van der Waals surface area contributed by atoms with Gasteiger partial charge in [-0.3, -0.25) is 0 Å². The molecule has 190 valence electrons. The molecular formula is C22H17Cl2F3N4O5. The second kappa shape index (κ2) is 9.26. The summed E-state index contributed by atoms with van der Waals surface area (Å²) in [5.74, 6) is -0.829. The summed E-state index contributed by atoms with van der Waals surface area (Å²) in [7, 11) is 1.13. The molecule has 0 aliphatic heterocycles. The Bertz CT molecular complexity index is 1470. The van der Waals surface area contributed by atoms with Crippen LogP contribution in [0.5, 0.6) is 5.75 Å². The average molecular weight is 545 g/mol. The van der Waals surface area contributed by atoms with Crippen LogP contribution in [0.1, 0.15) is 18.1 Å². The first-order chi connectivity index (χ1) is 16.8. The molecule has 14 heteroatoms. The van der Waals surface area contributed by atoms with Crippen LogP contribution in [-0.2, 0) is 15.7 Å². The van der Waals surface area contributed by atoms with E-state index in [-0.39, 0.29) is 38.8 Å². The zero-order chi connectivity index (χ0) is 26.4. The Balaban J connectivity index is 1.61. The number of carbonyl (C=O) groups is 1. The number of esters is 1. The van der Waals surface area contributed by atoms with Crippen molar-refractivity contribution in [1.82, 2.24) is 19.5 Å². The highest BCUT2D eigenvalue weighted by molar-refractivity contribution is 6.36. The van der Waals surface area contributed by atoms with Gasteiger partial charge in [0.25, 0.3) is 5.89 Å². The zero-order valence-corrected chi connectivity index (χ0v) is 20.4. The van der Waals surface area contributed by atoms with Crippen molar-refractivity contribution in [3.8, 4) is 28.7 Å². The monoisotopic (exact) mass is 544 g/mol. The van der Waals surface area contributed by atoms with Crippen molar-refractivity contribution in [1.29, 1.82) is 0 Å². The minimum absolute atomic E-state index is 0.0368. The second-order valence-corrected chi connectivity index (χ2v) is 8.82. The average Bonchev–Trinajstić information content (AvgIpc) is 3.45. The zero-order valence-electron chi connectivity index (χ0n) is 18.9. The van der Waals surface area contributed by atoms with Crippen molar-refractivity contribution in [3.05, 3.63) is 51.8 Å². The maximum Gasteiger partial charge on any atom is 0.417 e. The number of imidazole rings is 1. The topological polar surface area (TPSA) is 112 Å². The molecule has 36 heavy (non-hydrogen) atoms. The first kappa shape index (κ1) is 25.7. The molecule has 4 rings (SSSR count). The summed E-state index contributed by atoms with van der Waals surface area (Å²) in [6.45, 7) is 2.27. The molecule has 1 atom stereocenters. The summed E-state index contributed by atoms with van der Waals surface area (Å²) in [6.07, 6.45) is -2.25. The highest BCUT2D eigenvalue weighted by Gasteiger charge is 2.33. The van der Waals surface area contributed by atoms with Crippen molar-refractivity contribution >= 4 is 34.8 Å². The summed E-state index contributed by atoms with van der Waals surface area (Å²) in [5.41, 5.74) is -1.71. The first-order valence-electron chi connectivity index (χ1n) is 10.1. The van der Waals surface area contributed by atoms with Crippen LogP contribution in [-0.4, -0.2) is 49.9 Å². The lowest BCUT2D eigenvalue weighted by Gasteiger charge is -2.21. The van der Waals surface area contributed by atoms with Gasteiger partial charge in [-0.2, -0.15) is 18.2 Å². The Morgan fingerprint density at radius 3 is 2.56 bits per heavy atom. The van der Waals surface area contributed by atoms with E-state index in [9.17, 15) is 23.1 Å². The number of aliphatic hydroxyl groups is 1. The molecule has 0 saturated heterocycles. The third kappa shape index (κ3) is 4.97. The number of nitrogens with zero attached hydrogens (tertiary/aromatic N) is 4. The van der Waals surface area contributed by atoms with E-state index < -0.39 is 29.9 Å². The van der Waals surface area contributed by atoms with Gasteiger partial charge in [-0.05, 0) is 31.5 Å². The van der Waals surface area contributed by atoms with E-state index in [0.717, 1.165) is 19.4 Å². The molecule has 1 aromatic carbocycles. The van der Waals surface area contributed by atoms with Crippen LogP contribution in [0, 0.1) is 6.92 Å². The molecule has 0 bridgehead atoms. The van der Waals surface area contributed by atoms with Crippen LogP contribution in [0.2, 0.25) is 10.0 Å². The number of alkyl halides is 3. The molecule has 0 amide bonds. The molecule has 0 radical (unpaired) electrons. The lowest BCUT2D eigenvalue weighted by molar-refractivity contribution is -0.163. The summed E-state index contributed by atoms with van der Waals surface area (Å²) in [4.78, 5) is 20.1. The van der Waals surface area contributed by atoms with E-state index in [1.807, 2.05) is 0 Å². The number of methoxy groups -OCH3 is 1. The van der Waals surface area contributed by atoms with E-state index in [2.05, 4.69) is 19.9 Å². The number of fused-ring (bicyclic) bond motifs is 1. The summed E-state index contributed by atoms with van der Waals surface area (Å²) in [5, 5.41) is 14.1. The first-order valence-corrected chi connectivity index (χ1v) is 10.9. The number of hydrogen-bond acceptors (Lipinski definition) is 8. The molecule has 4 aromatic rings. The second-order valence-electron chi connectivity index (χ2n) is 8.01. The fourth-order valence-corrected chi connectivity index (χ4v) is 3.73. The van der Waals surface area contributed by atoms with E-state index in [1.54, 1.807) is 0 Å². The van der Waals surface area contributed by atoms with Crippen LogP contribution in [0.4, 0.5) is 13.2 Å². The van der Waals surface area contributed by atoms with Gasteiger partial charge >= 0.3 is 12.1 Å². The highest BCUT2D eigenvalue weighted by atomic mass is 35.5. The molecule has 9 nitrogen and oxygen atoms in total. The van der Waals surface area contributed by atoms with Gasteiger partial charge < -0.3 is 23.5 Å². The van der Waals surface area contributed by atoms with E-state index in [4.69, 9.17) is 32.5 Å².